The number of aliphatic hydroxyl groups is 1. The van der Waals surface area contributed by atoms with Crippen LogP contribution in [0, 0.1) is 0 Å². The van der Waals surface area contributed by atoms with Crippen molar-refractivity contribution in [2.24, 2.45) is 0 Å². The van der Waals surface area contributed by atoms with E-state index < -0.39 is 0 Å². The van der Waals surface area contributed by atoms with E-state index in [9.17, 15) is 9.90 Å². The average molecular weight is 444 g/mol. The lowest BCUT2D eigenvalue weighted by Gasteiger charge is -2.23. The number of aromatic nitrogens is 5. The van der Waals surface area contributed by atoms with E-state index in [1.54, 1.807) is 23.0 Å². The first-order chi connectivity index (χ1) is 16.2. The van der Waals surface area contributed by atoms with Crippen LogP contribution in [0.15, 0.2) is 54.7 Å². The van der Waals surface area contributed by atoms with Crippen LogP contribution in [0.4, 0.5) is 5.82 Å². The van der Waals surface area contributed by atoms with Crippen LogP contribution in [0.1, 0.15) is 54.9 Å². The number of aliphatic hydroxyl groups excluding tert-OH is 1. The predicted octanol–water partition coefficient (Wildman–Crippen LogP) is 4.43. The Hall–Kier alpha value is -3.88. The molecular weight excluding hydrogens is 420 g/mol. The third kappa shape index (κ3) is 3.79. The van der Waals surface area contributed by atoms with Gasteiger partial charge < -0.3 is 15.2 Å². The number of benzene rings is 1. The maximum Gasteiger partial charge on any atom is 0.260 e. The van der Waals surface area contributed by atoms with Crippen molar-refractivity contribution in [3.8, 4) is 5.75 Å². The summed E-state index contributed by atoms with van der Waals surface area (Å²) in [4.78, 5) is 17.6. The summed E-state index contributed by atoms with van der Waals surface area (Å²) in [6.45, 7) is 0. The third-order valence-corrected chi connectivity index (χ3v) is 6.36. The number of amides is 1. The molecule has 3 heterocycles. The maximum absolute atomic E-state index is 13.3. The van der Waals surface area contributed by atoms with Gasteiger partial charge in [0.15, 0.2) is 11.5 Å². The smallest absolute Gasteiger partial charge is 0.260 e. The minimum atomic E-state index is -0.275. The topological polar surface area (TPSA) is 107 Å². The number of carbonyl (C=O) groups is 1. The third-order valence-electron chi connectivity index (χ3n) is 6.36. The molecule has 4 aromatic rings. The minimum Gasteiger partial charge on any atom is -0.516 e. The van der Waals surface area contributed by atoms with Gasteiger partial charge >= 0.3 is 0 Å². The fourth-order valence-electron chi connectivity index (χ4n) is 4.36. The Balaban J connectivity index is 1.33. The van der Waals surface area contributed by atoms with Crippen LogP contribution in [0.5, 0.6) is 5.75 Å². The number of imidazole rings is 1. The molecule has 0 bridgehead atoms. The normalized spacial score (nSPS) is 18.5. The molecule has 1 aromatic carbocycles. The molecule has 0 radical (unpaired) electrons. The Kier molecular flexibility index (Phi) is 4.74. The molecule has 3 aromatic heterocycles. The number of ether oxygens (including phenoxy) is 1. The van der Waals surface area contributed by atoms with E-state index in [4.69, 9.17) is 9.84 Å². The summed E-state index contributed by atoms with van der Waals surface area (Å²) in [5.41, 5.74) is 3.02. The first-order valence-electron chi connectivity index (χ1n) is 11.3. The van der Waals surface area contributed by atoms with Crippen LogP contribution in [-0.2, 0) is 0 Å². The van der Waals surface area contributed by atoms with Gasteiger partial charge in [-0.2, -0.15) is 14.7 Å². The lowest BCUT2D eigenvalue weighted by Crippen LogP contribution is -2.15. The highest BCUT2D eigenvalue weighted by molar-refractivity contribution is 6.08. The Morgan fingerprint density at radius 3 is 2.85 bits per heavy atom. The second-order valence-electron chi connectivity index (χ2n) is 8.74. The summed E-state index contributed by atoms with van der Waals surface area (Å²) in [7, 11) is 0. The monoisotopic (exact) mass is 444 g/mol. The SMILES string of the molecule is O=C(Nc1cnc2cccnn12)c1cc2cn(C3CCC(=CO)CC3)nc2cc1OC1CC1. The molecular formula is C24H24N6O3. The van der Waals surface area contributed by atoms with Gasteiger partial charge in [0, 0.05) is 23.8 Å². The summed E-state index contributed by atoms with van der Waals surface area (Å²) in [5.74, 6) is 0.769. The molecule has 0 saturated heterocycles. The van der Waals surface area contributed by atoms with Crippen molar-refractivity contribution in [2.45, 2.75) is 50.7 Å². The molecule has 2 fully saturated rings. The standard InChI is InChI=1S/C24H24N6O3/c31-14-15-3-5-17(6-4-15)29-13-16-10-19(21(11-20(16)28-29)33-18-7-8-18)24(32)27-23-12-25-22-2-1-9-26-30(22)23/h1-2,9-14,17-18,31H,3-8H2,(H,27,32). The molecule has 6 rings (SSSR count). The summed E-state index contributed by atoms with van der Waals surface area (Å²) in [5, 5.41) is 22.1. The number of allylic oxidation sites excluding steroid dienone is 1. The number of nitrogens with zero attached hydrogens (tertiary/aromatic N) is 5. The summed E-state index contributed by atoms with van der Waals surface area (Å²) >= 11 is 0. The van der Waals surface area contributed by atoms with Crippen molar-refractivity contribution in [3.05, 3.63) is 60.3 Å². The van der Waals surface area contributed by atoms with E-state index in [1.165, 1.54) is 6.26 Å². The van der Waals surface area contributed by atoms with Crippen molar-refractivity contribution in [2.75, 3.05) is 5.32 Å². The quantitative estimate of drug-likeness (QED) is 0.441. The molecule has 0 atom stereocenters. The highest BCUT2D eigenvalue weighted by Crippen LogP contribution is 2.35. The van der Waals surface area contributed by atoms with Crippen LogP contribution >= 0.6 is 0 Å². The lowest BCUT2D eigenvalue weighted by molar-refractivity contribution is 0.102. The van der Waals surface area contributed by atoms with Crippen LogP contribution in [-0.4, -0.2) is 41.5 Å². The Bertz CT molecular complexity index is 1370. The highest BCUT2D eigenvalue weighted by Gasteiger charge is 2.27. The van der Waals surface area contributed by atoms with Gasteiger partial charge in [-0.15, -0.1) is 0 Å². The molecule has 0 aliphatic heterocycles. The first kappa shape index (κ1) is 19.8. The van der Waals surface area contributed by atoms with Gasteiger partial charge in [-0.1, -0.05) is 0 Å². The predicted molar refractivity (Wildman–Crippen MR) is 123 cm³/mol. The number of hydrogen-bond acceptors (Lipinski definition) is 6. The van der Waals surface area contributed by atoms with Crippen LogP contribution in [0.25, 0.3) is 16.6 Å². The second-order valence-corrected chi connectivity index (χ2v) is 8.74. The molecule has 2 N–H and O–H groups in total. The molecule has 0 spiro atoms. The molecule has 0 unspecified atom stereocenters. The van der Waals surface area contributed by atoms with E-state index in [0.29, 0.717) is 22.8 Å². The van der Waals surface area contributed by atoms with E-state index >= 15 is 0 Å². The number of carbonyl (C=O) groups excluding carboxylic acids is 1. The zero-order valence-electron chi connectivity index (χ0n) is 18.0. The van der Waals surface area contributed by atoms with E-state index in [2.05, 4.69) is 15.4 Å². The van der Waals surface area contributed by atoms with Crippen LogP contribution < -0.4 is 10.1 Å². The molecule has 2 aliphatic rings. The van der Waals surface area contributed by atoms with Crippen LogP contribution in [0.2, 0.25) is 0 Å². The lowest BCUT2D eigenvalue weighted by atomic mass is 9.92. The van der Waals surface area contributed by atoms with Crippen molar-refractivity contribution in [1.82, 2.24) is 24.4 Å². The molecule has 9 heteroatoms. The molecule has 33 heavy (non-hydrogen) atoms. The number of rotatable bonds is 5. The second kappa shape index (κ2) is 7.91. The van der Waals surface area contributed by atoms with Gasteiger partial charge in [-0.25, -0.2) is 4.98 Å². The molecule has 168 valence electrons. The first-order valence-corrected chi connectivity index (χ1v) is 11.3. The van der Waals surface area contributed by atoms with Crippen molar-refractivity contribution < 1.29 is 14.6 Å². The zero-order valence-corrected chi connectivity index (χ0v) is 18.0. The van der Waals surface area contributed by atoms with Gasteiger partial charge in [-0.3, -0.25) is 9.48 Å². The molecule has 2 saturated carbocycles. The Labute approximate surface area is 189 Å². The number of fused-ring (bicyclic) bond motifs is 2. The zero-order chi connectivity index (χ0) is 22.4. The van der Waals surface area contributed by atoms with Gasteiger partial charge in [0.1, 0.15) is 5.75 Å². The van der Waals surface area contributed by atoms with Crippen molar-refractivity contribution in [1.29, 1.82) is 0 Å². The highest BCUT2D eigenvalue weighted by atomic mass is 16.5. The van der Waals surface area contributed by atoms with E-state index in [-0.39, 0.29) is 18.1 Å². The number of hydrogen-bond donors (Lipinski definition) is 2. The summed E-state index contributed by atoms with van der Waals surface area (Å²) in [6, 6.07) is 7.62. The molecule has 1 amide bonds. The largest absolute Gasteiger partial charge is 0.516 e. The molecule has 9 nitrogen and oxygen atoms in total. The molecule has 2 aliphatic carbocycles. The van der Waals surface area contributed by atoms with E-state index in [1.807, 2.05) is 29.1 Å². The van der Waals surface area contributed by atoms with Crippen molar-refractivity contribution in [3.63, 3.8) is 0 Å². The maximum atomic E-state index is 13.3. The van der Waals surface area contributed by atoms with Gasteiger partial charge in [0.05, 0.1) is 35.7 Å². The van der Waals surface area contributed by atoms with Gasteiger partial charge in [0.2, 0.25) is 0 Å². The van der Waals surface area contributed by atoms with Gasteiger partial charge in [-0.05, 0) is 62.3 Å². The van der Waals surface area contributed by atoms with Gasteiger partial charge in [0.25, 0.3) is 5.91 Å². The van der Waals surface area contributed by atoms with E-state index in [0.717, 1.165) is 55.0 Å². The fourth-order valence-corrected chi connectivity index (χ4v) is 4.36. The Morgan fingerprint density at radius 1 is 1.21 bits per heavy atom. The van der Waals surface area contributed by atoms with Crippen molar-refractivity contribution >= 4 is 28.3 Å². The van der Waals surface area contributed by atoms with Crippen LogP contribution in [0.3, 0.4) is 0 Å². The number of nitrogens with one attached hydrogen (secondary N) is 1. The summed E-state index contributed by atoms with van der Waals surface area (Å²) in [6.07, 6.45) is 12.2. The summed E-state index contributed by atoms with van der Waals surface area (Å²) < 4.78 is 9.68. The average Bonchev–Trinajstić information content (AvgIpc) is 3.42. The Morgan fingerprint density at radius 2 is 2.06 bits per heavy atom. The fraction of sp³-hybridized carbons (Fsp3) is 0.333. The number of anilines is 1. The minimum absolute atomic E-state index is 0.149.